The largest absolute Gasteiger partial charge is 0.465 e. The lowest BCUT2D eigenvalue weighted by Gasteiger charge is -2.32. The lowest BCUT2D eigenvalue weighted by Crippen LogP contribution is -2.47. The molecule has 3 heterocycles. The highest BCUT2D eigenvalue weighted by Gasteiger charge is 2.25. The van der Waals surface area contributed by atoms with Gasteiger partial charge in [-0.2, -0.15) is 0 Å². The van der Waals surface area contributed by atoms with Crippen molar-refractivity contribution < 1.29 is 19.1 Å². The molecule has 1 fully saturated rings. The lowest BCUT2D eigenvalue weighted by atomic mass is 10.1. The average Bonchev–Trinajstić information content (AvgIpc) is 3.33. The van der Waals surface area contributed by atoms with Gasteiger partial charge in [0.1, 0.15) is 4.88 Å². The first kappa shape index (κ1) is 18.4. The van der Waals surface area contributed by atoms with Crippen LogP contribution in [-0.2, 0) is 4.74 Å². The summed E-state index contributed by atoms with van der Waals surface area (Å²) in [4.78, 5) is 39.0. The van der Waals surface area contributed by atoms with Crippen LogP contribution in [0.25, 0.3) is 0 Å². The van der Waals surface area contributed by atoms with Crippen molar-refractivity contribution >= 4 is 46.3 Å². The molecule has 0 atom stereocenters. The van der Waals surface area contributed by atoms with Crippen molar-refractivity contribution in [3.8, 4) is 0 Å². The van der Waals surface area contributed by atoms with Crippen molar-refractivity contribution in [3.63, 3.8) is 0 Å². The number of urea groups is 1. The number of piperidine rings is 1. The molecule has 2 N–H and O–H groups in total. The Labute approximate surface area is 159 Å². The molecular formula is C17H19N3O4S2. The molecule has 138 valence electrons. The fourth-order valence-electron chi connectivity index (χ4n) is 2.74. The molecule has 0 aromatic carbocycles. The van der Waals surface area contributed by atoms with Gasteiger partial charge in [-0.3, -0.25) is 4.79 Å². The Morgan fingerprint density at radius 3 is 2.58 bits per heavy atom. The van der Waals surface area contributed by atoms with Crippen LogP contribution in [0.2, 0.25) is 0 Å². The number of hydrogen-bond acceptors (Lipinski definition) is 6. The second-order valence-corrected chi connectivity index (χ2v) is 7.66. The normalized spacial score (nSPS) is 14.7. The lowest BCUT2D eigenvalue weighted by molar-refractivity contribution is 0.0607. The fourth-order valence-corrected chi connectivity index (χ4v) is 4.14. The molecule has 2 aromatic rings. The summed E-state index contributed by atoms with van der Waals surface area (Å²) in [6, 6.07) is 5.13. The molecular weight excluding hydrogens is 374 g/mol. The molecule has 2 aromatic heterocycles. The third-order valence-corrected chi connectivity index (χ3v) is 5.90. The quantitative estimate of drug-likeness (QED) is 0.782. The van der Waals surface area contributed by atoms with Crippen LogP contribution in [0, 0.1) is 0 Å². The molecule has 0 saturated carbocycles. The fraction of sp³-hybridized carbons (Fsp3) is 0.353. The van der Waals surface area contributed by atoms with E-state index in [0.29, 0.717) is 41.4 Å². The van der Waals surface area contributed by atoms with Crippen molar-refractivity contribution in [2.45, 2.75) is 18.9 Å². The van der Waals surface area contributed by atoms with Gasteiger partial charge in [0.25, 0.3) is 5.91 Å². The zero-order valence-electron chi connectivity index (χ0n) is 14.2. The predicted octanol–water partition coefficient (Wildman–Crippen LogP) is 3.02. The van der Waals surface area contributed by atoms with Crippen LogP contribution in [-0.4, -0.2) is 49.0 Å². The standard InChI is InChI=1S/C17H19N3O4S2/c1-24-16(22)14-12(6-10-26-14)19-17(23)20-7-4-11(5-8-20)18-15(21)13-3-2-9-25-13/h2-3,6,9-11H,4-5,7-8H2,1H3,(H,18,21)(H,19,23). The second kappa shape index (κ2) is 8.33. The third-order valence-electron chi connectivity index (χ3n) is 4.14. The number of amides is 3. The smallest absolute Gasteiger partial charge is 0.350 e. The molecule has 0 aliphatic carbocycles. The van der Waals surface area contributed by atoms with Gasteiger partial charge in [0.2, 0.25) is 0 Å². The van der Waals surface area contributed by atoms with Crippen LogP contribution in [0.3, 0.4) is 0 Å². The summed E-state index contributed by atoms with van der Waals surface area (Å²) >= 11 is 2.63. The van der Waals surface area contributed by atoms with E-state index in [9.17, 15) is 14.4 Å². The third kappa shape index (κ3) is 4.23. The molecule has 1 aliphatic heterocycles. The summed E-state index contributed by atoms with van der Waals surface area (Å²) in [6.07, 6.45) is 1.38. The van der Waals surface area contributed by atoms with Crippen molar-refractivity contribution in [3.05, 3.63) is 38.7 Å². The molecule has 0 spiro atoms. The number of thiophene rings is 2. The van der Waals surface area contributed by atoms with Gasteiger partial charge in [-0.25, -0.2) is 9.59 Å². The molecule has 3 amide bonds. The number of likely N-dealkylation sites (tertiary alicyclic amines) is 1. The number of methoxy groups -OCH3 is 1. The Bertz CT molecular complexity index is 780. The predicted molar refractivity (Wildman–Crippen MR) is 101 cm³/mol. The summed E-state index contributed by atoms with van der Waals surface area (Å²) in [5, 5.41) is 9.38. The van der Waals surface area contributed by atoms with Crippen LogP contribution in [0.1, 0.15) is 32.2 Å². The Hall–Kier alpha value is -2.39. The minimum Gasteiger partial charge on any atom is -0.465 e. The van der Waals surface area contributed by atoms with Crippen LogP contribution >= 0.6 is 22.7 Å². The first-order chi connectivity index (χ1) is 12.6. The number of carbonyl (C=O) groups excluding carboxylic acids is 3. The molecule has 0 unspecified atom stereocenters. The number of nitrogens with one attached hydrogen (secondary N) is 2. The summed E-state index contributed by atoms with van der Waals surface area (Å²) in [5.74, 6) is -0.533. The van der Waals surface area contributed by atoms with E-state index in [1.807, 2.05) is 11.4 Å². The highest BCUT2D eigenvalue weighted by molar-refractivity contribution is 7.12. The number of esters is 1. The highest BCUT2D eigenvalue weighted by Crippen LogP contribution is 2.24. The number of ether oxygens (including phenoxy) is 1. The topological polar surface area (TPSA) is 87.7 Å². The van der Waals surface area contributed by atoms with E-state index in [1.165, 1.54) is 29.8 Å². The molecule has 9 heteroatoms. The van der Waals surface area contributed by atoms with E-state index in [4.69, 9.17) is 4.74 Å². The summed E-state index contributed by atoms with van der Waals surface area (Å²) < 4.78 is 4.71. The second-order valence-electron chi connectivity index (χ2n) is 5.80. The number of carbonyl (C=O) groups is 3. The van der Waals surface area contributed by atoms with Crippen LogP contribution in [0.4, 0.5) is 10.5 Å². The highest BCUT2D eigenvalue weighted by atomic mass is 32.1. The molecule has 7 nitrogen and oxygen atoms in total. The Morgan fingerprint density at radius 2 is 1.92 bits per heavy atom. The van der Waals surface area contributed by atoms with Gasteiger partial charge in [-0.05, 0) is 35.7 Å². The average molecular weight is 393 g/mol. The van der Waals surface area contributed by atoms with Crippen LogP contribution in [0.15, 0.2) is 29.0 Å². The minimum atomic E-state index is -0.467. The molecule has 1 aliphatic rings. The zero-order chi connectivity index (χ0) is 18.5. The van der Waals surface area contributed by atoms with Gasteiger partial charge < -0.3 is 20.3 Å². The van der Waals surface area contributed by atoms with Crippen LogP contribution < -0.4 is 10.6 Å². The molecule has 26 heavy (non-hydrogen) atoms. The van der Waals surface area contributed by atoms with E-state index < -0.39 is 5.97 Å². The van der Waals surface area contributed by atoms with Crippen molar-refractivity contribution in [1.29, 1.82) is 0 Å². The van der Waals surface area contributed by atoms with Gasteiger partial charge in [0.15, 0.2) is 0 Å². The van der Waals surface area contributed by atoms with Crippen molar-refractivity contribution in [2.75, 3.05) is 25.5 Å². The maximum atomic E-state index is 12.4. The monoisotopic (exact) mass is 393 g/mol. The molecule has 1 saturated heterocycles. The van der Waals surface area contributed by atoms with Gasteiger partial charge in [0.05, 0.1) is 17.7 Å². The zero-order valence-corrected chi connectivity index (χ0v) is 15.8. The molecule has 0 radical (unpaired) electrons. The van der Waals surface area contributed by atoms with Gasteiger partial charge >= 0.3 is 12.0 Å². The Balaban J connectivity index is 1.50. The van der Waals surface area contributed by atoms with E-state index in [1.54, 1.807) is 22.4 Å². The van der Waals surface area contributed by atoms with Crippen molar-refractivity contribution in [1.82, 2.24) is 10.2 Å². The van der Waals surface area contributed by atoms with E-state index in [0.717, 1.165) is 0 Å². The number of rotatable bonds is 4. The van der Waals surface area contributed by atoms with E-state index >= 15 is 0 Å². The number of anilines is 1. The SMILES string of the molecule is COC(=O)c1sccc1NC(=O)N1CCC(NC(=O)c2cccs2)CC1. The Kier molecular flexibility index (Phi) is 5.89. The number of hydrogen-bond donors (Lipinski definition) is 2. The van der Waals surface area contributed by atoms with E-state index in [2.05, 4.69) is 10.6 Å². The van der Waals surface area contributed by atoms with Gasteiger partial charge in [0, 0.05) is 19.1 Å². The summed E-state index contributed by atoms with van der Waals surface area (Å²) in [6.45, 7) is 1.08. The van der Waals surface area contributed by atoms with Crippen LogP contribution in [0.5, 0.6) is 0 Å². The van der Waals surface area contributed by atoms with E-state index in [-0.39, 0.29) is 18.0 Å². The van der Waals surface area contributed by atoms with Gasteiger partial charge in [-0.15, -0.1) is 22.7 Å². The maximum Gasteiger partial charge on any atom is 0.350 e. The Morgan fingerprint density at radius 1 is 1.15 bits per heavy atom. The summed E-state index contributed by atoms with van der Waals surface area (Å²) in [5.41, 5.74) is 0.458. The number of nitrogens with zero attached hydrogens (tertiary/aromatic N) is 1. The van der Waals surface area contributed by atoms with Gasteiger partial charge in [-0.1, -0.05) is 6.07 Å². The van der Waals surface area contributed by atoms with Crippen molar-refractivity contribution in [2.24, 2.45) is 0 Å². The summed E-state index contributed by atoms with van der Waals surface area (Å²) in [7, 11) is 1.31. The maximum absolute atomic E-state index is 12.4. The molecule has 0 bridgehead atoms. The first-order valence-corrected chi connectivity index (χ1v) is 9.90. The minimum absolute atomic E-state index is 0.0560. The first-order valence-electron chi connectivity index (χ1n) is 8.14. The molecule has 3 rings (SSSR count).